The Hall–Kier alpha value is -2.31. The van der Waals surface area contributed by atoms with Gasteiger partial charge in [-0.15, -0.1) is 0 Å². The Balaban J connectivity index is 2.53. The number of rotatable bonds is 3. The number of methoxy groups -OCH3 is 1. The lowest BCUT2D eigenvalue weighted by atomic mass is 10.1. The van der Waals surface area contributed by atoms with Gasteiger partial charge in [-0.2, -0.15) is 0 Å². The van der Waals surface area contributed by atoms with E-state index in [0.29, 0.717) is 0 Å². The summed E-state index contributed by atoms with van der Waals surface area (Å²) in [5, 5.41) is 0. The highest BCUT2D eigenvalue weighted by molar-refractivity contribution is 5.74. The molecular formula is C13H11F3N2O2. The number of esters is 1. The zero-order valence-electron chi connectivity index (χ0n) is 10.7. The molecule has 0 aliphatic carbocycles. The molecule has 0 spiro atoms. The van der Waals surface area contributed by atoms with Crippen molar-refractivity contribution in [3.63, 3.8) is 0 Å². The summed E-state index contributed by atoms with van der Waals surface area (Å²) in [4.78, 5) is 15.4. The lowest BCUT2D eigenvalue weighted by Crippen LogP contribution is -2.18. The predicted octanol–water partition coefficient (Wildman–Crippen LogP) is 2.70. The maximum Gasteiger partial charge on any atom is 0.328 e. The van der Waals surface area contributed by atoms with Gasteiger partial charge in [0.15, 0.2) is 17.5 Å². The number of benzene rings is 1. The van der Waals surface area contributed by atoms with Crippen LogP contribution in [-0.2, 0) is 9.53 Å². The van der Waals surface area contributed by atoms with E-state index in [1.807, 2.05) is 0 Å². The van der Waals surface area contributed by atoms with Crippen LogP contribution in [0.4, 0.5) is 13.2 Å². The number of carbonyl (C=O) groups excluding carboxylic acids is 1. The van der Waals surface area contributed by atoms with Crippen LogP contribution in [0.15, 0.2) is 24.5 Å². The van der Waals surface area contributed by atoms with Crippen LogP contribution in [0, 0.1) is 17.5 Å². The maximum atomic E-state index is 13.8. The molecule has 2 rings (SSSR count). The Bertz CT molecular complexity index is 655. The van der Waals surface area contributed by atoms with Crippen LogP contribution >= 0.6 is 0 Å². The van der Waals surface area contributed by atoms with Crippen molar-refractivity contribution in [3.05, 3.63) is 42.0 Å². The molecule has 0 N–H and O–H groups in total. The van der Waals surface area contributed by atoms with Crippen molar-refractivity contribution >= 4 is 5.97 Å². The first-order valence-electron chi connectivity index (χ1n) is 5.72. The molecule has 0 amide bonds. The molecule has 0 aliphatic rings. The van der Waals surface area contributed by atoms with Crippen LogP contribution in [0.5, 0.6) is 0 Å². The van der Waals surface area contributed by atoms with Gasteiger partial charge in [-0.25, -0.2) is 22.9 Å². The second-order valence-corrected chi connectivity index (χ2v) is 4.08. The molecule has 0 saturated heterocycles. The molecule has 0 radical (unpaired) electrons. The van der Waals surface area contributed by atoms with E-state index in [1.165, 1.54) is 31.0 Å². The highest BCUT2D eigenvalue weighted by Gasteiger charge is 2.23. The van der Waals surface area contributed by atoms with Crippen molar-refractivity contribution in [2.45, 2.75) is 13.0 Å². The van der Waals surface area contributed by atoms with Gasteiger partial charge in [0.2, 0.25) is 0 Å². The lowest BCUT2D eigenvalue weighted by molar-refractivity contribution is -0.143. The van der Waals surface area contributed by atoms with Gasteiger partial charge >= 0.3 is 5.97 Å². The van der Waals surface area contributed by atoms with E-state index < -0.39 is 29.5 Å². The smallest absolute Gasteiger partial charge is 0.328 e. The first-order chi connectivity index (χ1) is 9.47. The fourth-order valence-corrected chi connectivity index (χ4v) is 1.82. The van der Waals surface area contributed by atoms with Gasteiger partial charge in [0.1, 0.15) is 11.9 Å². The van der Waals surface area contributed by atoms with Crippen LogP contribution in [0.1, 0.15) is 13.0 Å². The Morgan fingerprint density at radius 1 is 1.30 bits per heavy atom. The van der Waals surface area contributed by atoms with Gasteiger partial charge in [0.05, 0.1) is 12.7 Å². The molecule has 4 nitrogen and oxygen atoms in total. The van der Waals surface area contributed by atoms with Gasteiger partial charge in [0.25, 0.3) is 0 Å². The third kappa shape index (κ3) is 2.26. The quantitative estimate of drug-likeness (QED) is 0.643. The maximum absolute atomic E-state index is 13.8. The normalized spacial score (nSPS) is 12.2. The number of nitrogens with zero attached hydrogens (tertiary/aromatic N) is 2. The summed E-state index contributed by atoms with van der Waals surface area (Å²) in [6.45, 7) is 1.52. The van der Waals surface area contributed by atoms with E-state index >= 15 is 0 Å². The summed E-state index contributed by atoms with van der Waals surface area (Å²) in [7, 11) is 1.22. The number of hydrogen-bond donors (Lipinski definition) is 0. The van der Waals surface area contributed by atoms with E-state index in [4.69, 9.17) is 0 Å². The first-order valence-corrected chi connectivity index (χ1v) is 5.72. The molecule has 1 aromatic heterocycles. The van der Waals surface area contributed by atoms with Crippen LogP contribution in [0.3, 0.4) is 0 Å². The van der Waals surface area contributed by atoms with Crippen molar-refractivity contribution in [1.82, 2.24) is 9.55 Å². The van der Waals surface area contributed by atoms with E-state index in [-0.39, 0.29) is 11.4 Å². The molecule has 0 fully saturated rings. The molecular weight excluding hydrogens is 273 g/mol. The number of hydrogen-bond acceptors (Lipinski definition) is 3. The van der Waals surface area contributed by atoms with Crippen molar-refractivity contribution < 1.29 is 22.7 Å². The second-order valence-electron chi connectivity index (χ2n) is 4.08. The molecule has 1 unspecified atom stereocenters. The zero-order chi connectivity index (χ0) is 14.9. The number of ether oxygens (including phenoxy) is 1. The molecule has 1 heterocycles. The Morgan fingerprint density at radius 2 is 2.00 bits per heavy atom. The predicted molar refractivity (Wildman–Crippen MR) is 64.3 cm³/mol. The van der Waals surface area contributed by atoms with Gasteiger partial charge in [0, 0.05) is 12.4 Å². The SMILES string of the molecule is COC(=O)C(C)n1ccnc1-c1ccc(F)c(F)c1F. The minimum absolute atomic E-state index is 0.0132. The minimum Gasteiger partial charge on any atom is -0.467 e. The monoisotopic (exact) mass is 284 g/mol. The van der Waals surface area contributed by atoms with Gasteiger partial charge in [-0.1, -0.05) is 0 Å². The summed E-state index contributed by atoms with van der Waals surface area (Å²) in [5.74, 6) is -4.77. The highest BCUT2D eigenvalue weighted by atomic mass is 19.2. The lowest BCUT2D eigenvalue weighted by Gasteiger charge is -2.14. The summed E-state index contributed by atoms with van der Waals surface area (Å²) < 4.78 is 45.9. The summed E-state index contributed by atoms with van der Waals surface area (Å²) in [6.07, 6.45) is 2.76. The van der Waals surface area contributed by atoms with Crippen molar-refractivity contribution in [1.29, 1.82) is 0 Å². The summed E-state index contributed by atoms with van der Waals surface area (Å²) >= 11 is 0. The number of aromatic nitrogens is 2. The fourth-order valence-electron chi connectivity index (χ4n) is 1.82. The topological polar surface area (TPSA) is 44.1 Å². The number of carbonyl (C=O) groups is 1. The average Bonchev–Trinajstić information content (AvgIpc) is 2.92. The van der Waals surface area contributed by atoms with E-state index in [2.05, 4.69) is 9.72 Å². The molecule has 20 heavy (non-hydrogen) atoms. The van der Waals surface area contributed by atoms with Crippen molar-refractivity contribution in [2.75, 3.05) is 7.11 Å². The Morgan fingerprint density at radius 3 is 2.65 bits per heavy atom. The molecule has 0 bridgehead atoms. The van der Waals surface area contributed by atoms with E-state index in [1.54, 1.807) is 0 Å². The molecule has 0 aliphatic heterocycles. The molecule has 0 saturated carbocycles. The van der Waals surface area contributed by atoms with E-state index in [9.17, 15) is 18.0 Å². The summed E-state index contributed by atoms with van der Waals surface area (Å²) in [5.41, 5.74) is -0.232. The molecule has 106 valence electrons. The fraction of sp³-hybridized carbons (Fsp3) is 0.231. The zero-order valence-corrected chi connectivity index (χ0v) is 10.7. The number of imidazole rings is 1. The molecule has 1 atom stereocenters. The highest BCUT2D eigenvalue weighted by Crippen LogP contribution is 2.26. The van der Waals surface area contributed by atoms with Gasteiger partial charge in [-0.3, -0.25) is 0 Å². The first kappa shape index (κ1) is 14.1. The van der Waals surface area contributed by atoms with E-state index in [0.717, 1.165) is 12.1 Å². The average molecular weight is 284 g/mol. The third-order valence-electron chi connectivity index (χ3n) is 2.90. The molecule has 1 aromatic carbocycles. The van der Waals surface area contributed by atoms with Crippen molar-refractivity contribution in [2.24, 2.45) is 0 Å². The summed E-state index contributed by atoms with van der Waals surface area (Å²) in [6, 6.07) is 1.09. The largest absolute Gasteiger partial charge is 0.467 e. The van der Waals surface area contributed by atoms with Crippen LogP contribution < -0.4 is 0 Å². The third-order valence-corrected chi connectivity index (χ3v) is 2.90. The van der Waals surface area contributed by atoms with Crippen LogP contribution in [0.2, 0.25) is 0 Å². The van der Waals surface area contributed by atoms with Crippen LogP contribution in [-0.4, -0.2) is 22.6 Å². The van der Waals surface area contributed by atoms with Crippen molar-refractivity contribution in [3.8, 4) is 11.4 Å². The Labute approximate surface area is 112 Å². The molecule has 2 aromatic rings. The standard InChI is InChI=1S/C13H11F3N2O2/c1-7(13(19)20-2)18-6-5-17-12(18)8-3-4-9(14)11(16)10(8)15/h3-7H,1-2H3. The van der Waals surface area contributed by atoms with Gasteiger partial charge < -0.3 is 9.30 Å². The minimum atomic E-state index is -1.58. The molecule has 7 heteroatoms. The van der Waals surface area contributed by atoms with Crippen LogP contribution in [0.25, 0.3) is 11.4 Å². The second kappa shape index (κ2) is 5.36. The van der Waals surface area contributed by atoms with Gasteiger partial charge in [-0.05, 0) is 19.1 Å². The number of halogens is 3. The Kier molecular flexibility index (Phi) is 3.78.